The van der Waals surface area contributed by atoms with Gasteiger partial charge < -0.3 is 9.64 Å². The van der Waals surface area contributed by atoms with E-state index in [9.17, 15) is 8.78 Å². The van der Waals surface area contributed by atoms with E-state index in [1.54, 1.807) is 24.3 Å². The summed E-state index contributed by atoms with van der Waals surface area (Å²) in [5, 5.41) is 0. The van der Waals surface area contributed by atoms with Crippen molar-refractivity contribution in [2.75, 3.05) is 24.6 Å². The molecule has 3 rings (SSSR count). The first-order valence-electron chi connectivity index (χ1n) is 7.69. The van der Waals surface area contributed by atoms with Crippen LogP contribution < -0.4 is 9.64 Å². The number of hydrogen-bond acceptors (Lipinski definition) is 5. The minimum atomic E-state index is -2.72. The molecule has 0 unspecified atom stereocenters. The highest BCUT2D eigenvalue weighted by Gasteiger charge is 2.20. The third-order valence-corrected chi connectivity index (χ3v) is 3.63. The lowest BCUT2D eigenvalue weighted by Gasteiger charge is -2.18. The van der Waals surface area contributed by atoms with Crippen LogP contribution in [0.2, 0.25) is 0 Å². The summed E-state index contributed by atoms with van der Waals surface area (Å²) in [4.78, 5) is 14.3. The van der Waals surface area contributed by atoms with Gasteiger partial charge in [0.05, 0.1) is 18.0 Å². The molecule has 0 bridgehead atoms. The first kappa shape index (κ1) is 15.6. The van der Waals surface area contributed by atoms with Crippen molar-refractivity contribution in [3.63, 3.8) is 0 Å². The van der Waals surface area contributed by atoms with Crippen molar-refractivity contribution < 1.29 is 13.5 Å². The SMILES string of the molecule is CCOc1cccc(-c2cc(N3CCCC3)nc(C(F)F)n2)n1. The Kier molecular flexibility index (Phi) is 4.64. The van der Waals surface area contributed by atoms with Gasteiger partial charge in [0.15, 0.2) is 5.82 Å². The summed E-state index contributed by atoms with van der Waals surface area (Å²) in [6.07, 6.45) is -0.630. The number of aromatic nitrogens is 3. The zero-order valence-corrected chi connectivity index (χ0v) is 12.9. The summed E-state index contributed by atoms with van der Waals surface area (Å²) < 4.78 is 31.6. The molecule has 0 aromatic carbocycles. The van der Waals surface area contributed by atoms with Crippen LogP contribution in [0.4, 0.5) is 14.6 Å². The highest BCUT2D eigenvalue weighted by Crippen LogP contribution is 2.27. The fourth-order valence-corrected chi connectivity index (χ4v) is 2.58. The Bertz CT molecular complexity index is 675. The van der Waals surface area contributed by atoms with E-state index in [-0.39, 0.29) is 0 Å². The summed E-state index contributed by atoms with van der Waals surface area (Å²) in [7, 11) is 0. The van der Waals surface area contributed by atoms with Gasteiger partial charge in [0.1, 0.15) is 5.82 Å². The Morgan fingerprint density at radius 2 is 1.91 bits per heavy atom. The largest absolute Gasteiger partial charge is 0.478 e. The van der Waals surface area contributed by atoms with Crippen molar-refractivity contribution in [3.05, 3.63) is 30.1 Å². The predicted molar refractivity (Wildman–Crippen MR) is 82.8 cm³/mol. The van der Waals surface area contributed by atoms with E-state index in [0.717, 1.165) is 25.9 Å². The van der Waals surface area contributed by atoms with Crippen molar-refractivity contribution >= 4 is 5.82 Å². The average Bonchev–Trinajstić information content (AvgIpc) is 3.09. The molecule has 23 heavy (non-hydrogen) atoms. The van der Waals surface area contributed by atoms with Crippen LogP contribution in [-0.2, 0) is 0 Å². The van der Waals surface area contributed by atoms with E-state index in [4.69, 9.17) is 4.74 Å². The Morgan fingerprint density at radius 1 is 1.13 bits per heavy atom. The minimum absolute atomic E-state index is 0.388. The molecule has 1 aliphatic rings. The maximum absolute atomic E-state index is 13.1. The molecule has 2 aromatic rings. The van der Waals surface area contributed by atoms with Gasteiger partial charge in [0.2, 0.25) is 5.88 Å². The second-order valence-corrected chi connectivity index (χ2v) is 5.26. The van der Waals surface area contributed by atoms with Crippen LogP contribution in [0.25, 0.3) is 11.4 Å². The molecule has 0 spiro atoms. The number of rotatable bonds is 5. The normalized spacial score (nSPS) is 14.5. The zero-order chi connectivity index (χ0) is 16.2. The molecule has 0 saturated carbocycles. The molecule has 0 atom stereocenters. The maximum atomic E-state index is 13.1. The van der Waals surface area contributed by atoms with Crippen molar-refractivity contribution in [1.82, 2.24) is 15.0 Å². The third-order valence-electron chi connectivity index (χ3n) is 3.63. The van der Waals surface area contributed by atoms with E-state index < -0.39 is 12.2 Å². The summed E-state index contributed by atoms with van der Waals surface area (Å²) in [6, 6.07) is 6.94. The van der Waals surface area contributed by atoms with Crippen LogP contribution in [-0.4, -0.2) is 34.6 Å². The fraction of sp³-hybridized carbons (Fsp3) is 0.438. The molecule has 7 heteroatoms. The smallest absolute Gasteiger partial charge is 0.297 e. The lowest BCUT2D eigenvalue weighted by molar-refractivity contribution is 0.140. The molecular formula is C16H18F2N4O. The van der Waals surface area contributed by atoms with Gasteiger partial charge >= 0.3 is 0 Å². The molecule has 122 valence electrons. The fourth-order valence-electron chi connectivity index (χ4n) is 2.58. The summed E-state index contributed by atoms with van der Waals surface area (Å²) in [6.45, 7) is 4.00. The highest BCUT2D eigenvalue weighted by atomic mass is 19.3. The van der Waals surface area contributed by atoms with Gasteiger partial charge in [0.25, 0.3) is 6.43 Å². The molecule has 1 fully saturated rings. The Hall–Kier alpha value is -2.31. The van der Waals surface area contributed by atoms with Crippen LogP contribution >= 0.6 is 0 Å². The molecule has 0 radical (unpaired) electrons. The molecule has 3 heterocycles. The first-order valence-corrected chi connectivity index (χ1v) is 7.69. The van der Waals surface area contributed by atoms with Crippen LogP contribution in [0.5, 0.6) is 5.88 Å². The lowest BCUT2D eigenvalue weighted by Crippen LogP contribution is -2.20. The number of pyridine rings is 1. The Balaban J connectivity index is 2.01. The number of nitrogens with zero attached hydrogens (tertiary/aromatic N) is 4. The summed E-state index contributed by atoms with van der Waals surface area (Å²) in [5.41, 5.74) is 0.888. The summed E-state index contributed by atoms with van der Waals surface area (Å²) in [5.74, 6) is 0.518. The van der Waals surface area contributed by atoms with Gasteiger partial charge in [-0.15, -0.1) is 0 Å². The Morgan fingerprint density at radius 3 is 2.61 bits per heavy atom. The van der Waals surface area contributed by atoms with Gasteiger partial charge in [-0.1, -0.05) is 6.07 Å². The molecule has 2 aromatic heterocycles. The standard InChI is InChI=1S/C16H18F2N4O/c1-2-23-14-7-5-6-11(19-14)12-10-13(22-8-3-4-9-22)21-16(20-12)15(17)18/h5-7,10,15H,2-4,8-9H2,1H3. The van der Waals surface area contributed by atoms with Gasteiger partial charge in [-0.2, -0.15) is 0 Å². The number of hydrogen-bond donors (Lipinski definition) is 0. The second-order valence-electron chi connectivity index (χ2n) is 5.26. The van der Waals surface area contributed by atoms with E-state index >= 15 is 0 Å². The summed E-state index contributed by atoms with van der Waals surface area (Å²) >= 11 is 0. The van der Waals surface area contributed by atoms with Crippen LogP contribution in [0.1, 0.15) is 32.0 Å². The number of ether oxygens (including phenoxy) is 1. The Labute approximate surface area is 133 Å². The number of halogens is 2. The van der Waals surface area contributed by atoms with Crippen molar-refractivity contribution in [2.24, 2.45) is 0 Å². The van der Waals surface area contributed by atoms with Crippen molar-refractivity contribution in [2.45, 2.75) is 26.2 Å². The molecule has 0 amide bonds. The maximum Gasteiger partial charge on any atom is 0.297 e. The quantitative estimate of drug-likeness (QED) is 0.844. The average molecular weight is 320 g/mol. The molecule has 1 saturated heterocycles. The van der Waals surface area contributed by atoms with Crippen LogP contribution in [0.3, 0.4) is 0 Å². The van der Waals surface area contributed by atoms with E-state index in [2.05, 4.69) is 15.0 Å². The van der Waals surface area contributed by atoms with Gasteiger partial charge in [-0.05, 0) is 25.8 Å². The van der Waals surface area contributed by atoms with Gasteiger partial charge in [-0.25, -0.2) is 23.7 Å². The molecular weight excluding hydrogens is 302 g/mol. The van der Waals surface area contributed by atoms with Crippen LogP contribution in [0.15, 0.2) is 24.3 Å². The zero-order valence-electron chi connectivity index (χ0n) is 12.9. The molecule has 0 aliphatic carbocycles. The van der Waals surface area contributed by atoms with E-state index in [1.165, 1.54) is 0 Å². The number of alkyl halides is 2. The highest BCUT2D eigenvalue weighted by molar-refractivity contribution is 5.60. The van der Waals surface area contributed by atoms with Crippen molar-refractivity contribution in [1.29, 1.82) is 0 Å². The monoisotopic (exact) mass is 320 g/mol. The van der Waals surface area contributed by atoms with Gasteiger partial charge in [-0.3, -0.25) is 0 Å². The van der Waals surface area contributed by atoms with E-state index in [1.807, 2.05) is 11.8 Å². The van der Waals surface area contributed by atoms with Crippen LogP contribution in [0, 0.1) is 0 Å². The number of anilines is 1. The second kappa shape index (κ2) is 6.85. The molecule has 5 nitrogen and oxygen atoms in total. The predicted octanol–water partition coefficient (Wildman–Crippen LogP) is 3.48. The lowest BCUT2D eigenvalue weighted by atomic mass is 10.2. The first-order chi connectivity index (χ1) is 11.2. The van der Waals surface area contributed by atoms with E-state index in [0.29, 0.717) is 29.7 Å². The topological polar surface area (TPSA) is 51.1 Å². The van der Waals surface area contributed by atoms with Gasteiger partial charge in [0, 0.05) is 25.2 Å². The molecule has 0 N–H and O–H groups in total. The minimum Gasteiger partial charge on any atom is -0.478 e. The third kappa shape index (κ3) is 3.55. The van der Waals surface area contributed by atoms with Crippen molar-refractivity contribution in [3.8, 4) is 17.3 Å². The molecule has 1 aliphatic heterocycles.